The van der Waals surface area contributed by atoms with E-state index in [0.29, 0.717) is 29.7 Å². The number of aryl methyl sites for hydroxylation is 1. The van der Waals surface area contributed by atoms with Crippen molar-refractivity contribution in [2.75, 3.05) is 24.5 Å². The average Bonchev–Trinajstić information content (AvgIpc) is 3.26. The van der Waals surface area contributed by atoms with E-state index < -0.39 is 11.9 Å². The monoisotopic (exact) mass is 479 g/mol. The lowest BCUT2D eigenvalue weighted by Gasteiger charge is -2.41. The first-order valence-corrected chi connectivity index (χ1v) is 11.4. The van der Waals surface area contributed by atoms with Gasteiger partial charge in [0.2, 0.25) is 0 Å². The number of carbonyl (C=O) groups excluding carboxylic acids is 1. The molecule has 6 nitrogen and oxygen atoms in total. The van der Waals surface area contributed by atoms with Crippen LogP contribution in [0, 0.1) is 6.92 Å². The smallest absolute Gasteiger partial charge is 0.365 e. The van der Waals surface area contributed by atoms with E-state index in [1.54, 1.807) is 35.2 Å². The summed E-state index contributed by atoms with van der Waals surface area (Å²) in [5.41, 5.74) is 1.89. The molecule has 0 N–H and O–H groups in total. The highest BCUT2D eigenvalue weighted by Gasteiger charge is 2.37. The Bertz CT molecular complexity index is 1380. The highest BCUT2D eigenvalue weighted by molar-refractivity contribution is 6.00. The molecule has 2 aromatic carbocycles. The number of benzene rings is 2. The molecule has 0 aliphatic carbocycles. The first-order valence-electron chi connectivity index (χ1n) is 11.4. The molecular weight excluding hydrogens is 455 g/mol. The van der Waals surface area contributed by atoms with Crippen molar-refractivity contribution in [2.45, 2.75) is 26.1 Å². The van der Waals surface area contributed by atoms with Crippen molar-refractivity contribution in [1.82, 2.24) is 19.5 Å². The summed E-state index contributed by atoms with van der Waals surface area (Å²) in [5.74, 6) is -0.374. The number of nitrogens with zero attached hydrogens (tertiary/aromatic N) is 5. The number of piperazine rings is 1. The highest BCUT2D eigenvalue weighted by Crippen LogP contribution is 2.33. The molecule has 0 saturated carbocycles. The zero-order valence-corrected chi connectivity index (χ0v) is 19.3. The molecule has 1 unspecified atom stereocenters. The molecule has 1 amide bonds. The largest absolute Gasteiger partial charge is 0.433 e. The fraction of sp³-hybridized carbons (Fsp3) is 0.269. The Labute approximate surface area is 200 Å². The topological polar surface area (TPSA) is 53.7 Å². The van der Waals surface area contributed by atoms with Crippen molar-refractivity contribution < 1.29 is 18.0 Å². The van der Waals surface area contributed by atoms with Crippen molar-refractivity contribution in [3.63, 3.8) is 0 Å². The van der Waals surface area contributed by atoms with Crippen molar-refractivity contribution in [1.29, 1.82) is 0 Å². The van der Waals surface area contributed by atoms with Crippen LogP contribution in [-0.2, 0) is 6.18 Å². The second-order valence-corrected chi connectivity index (χ2v) is 8.82. The lowest BCUT2D eigenvalue weighted by Crippen LogP contribution is -2.53. The van der Waals surface area contributed by atoms with Crippen LogP contribution in [0.3, 0.4) is 0 Å². The average molecular weight is 480 g/mol. The van der Waals surface area contributed by atoms with Crippen LogP contribution in [0.1, 0.15) is 28.5 Å². The minimum atomic E-state index is -4.66. The number of carbonyl (C=O) groups is 1. The predicted molar refractivity (Wildman–Crippen MR) is 127 cm³/mol. The molecule has 5 rings (SSSR count). The summed E-state index contributed by atoms with van der Waals surface area (Å²) >= 11 is 0. The molecule has 3 heterocycles. The second kappa shape index (κ2) is 8.72. The van der Waals surface area contributed by atoms with Gasteiger partial charge in [-0.15, -0.1) is 0 Å². The van der Waals surface area contributed by atoms with Crippen LogP contribution in [0.2, 0.25) is 0 Å². The first-order chi connectivity index (χ1) is 16.7. The van der Waals surface area contributed by atoms with Crippen molar-refractivity contribution in [3.05, 3.63) is 83.7 Å². The van der Waals surface area contributed by atoms with Crippen LogP contribution in [0.5, 0.6) is 0 Å². The number of halogens is 3. The lowest BCUT2D eigenvalue weighted by molar-refractivity contribution is -0.142. The Kier molecular flexibility index (Phi) is 5.70. The van der Waals surface area contributed by atoms with Gasteiger partial charge in [0.1, 0.15) is 5.56 Å². The molecule has 0 radical (unpaired) electrons. The number of anilines is 1. The predicted octanol–water partition coefficient (Wildman–Crippen LogP) is 5.07. The summed E-state index contributed by atoms with van der Waals surface area (Å²) < 4.78 is 42.3. The molecule has 0 bridgehead atoms. The SMILES string of the molecule is Cc1cccc(N2CCN(C(=O)c3cnn4c(C(F)(F)F)cc(-c5ccccc5)nc34)CC2C)c1. The summed E-state index contributed by atoms with van der Waals surface area (Å²) in [6.07, 6.45) is -3.47. The molecule has 1 saturated heterocycles. The molecule has 1 aliphatic heterocycles. The number of rotatable bonds is 3. The van der Waals surface area contributed by atoms with E-state index in [0.717, 1.165) is 17.3 Å². The Morgan fingerprint density at radius 1 is 1.03 bits per heavy atom. The fourth-order valence-electron chi connectivity index (χ4n) is 4.58. The molecule has 9 heteroatoms. The Morgan fingerprint density at radius 2 is 1.80 bits per heavy atom. The van der Waals surface area contributed by atoms with E-state index in [1.165, 1.54) is 6.20 Å². The molecule has 1 atom stereocenters. The van der Waals surface area contributed by atoms with Crippen molar-refractivity contribution in [3.8, 4) is 11.3 Å². The van der Waals surface area contributed by atoms with E-state index in [9.17, 15) is 18.0 Å². The molecule has 1 fully saturated rings. The van der Waals surface area contributed by atoms with Gasteiger partial charge in [-0.3, -0.25) is 4.79 Å². The van der Waals surface area contributed by atoms with Crippen molar-refractivity contribution >= 4 is 17.2 Å². The summed E-state index contributed by atoms with van der Waals surface area (Å²) in [7, 11) is 0. The molecule has 4 aromatic rings. The van der Waals surface area contributed by atoms with E-state index >= 15 is 0 Å². The van der Waals surface area contributed by atoms with Crippen LogP contribution in [-0.4, -0.2) is 51.1 Å². The molecular formula is C26H24F3N5O. The van der Waals surface area contributed by atoms with Gasteiger partial charge in [0, 0.05) is 36.9 Å². The number of fused-ring (bicyclic) bond motifs is 1. The molecule has 0 spiro atoms. The van der Waals surface area contributed by atoms with Crippen LogP contribution < -0.4 is 4.90 Å². The number of alkyl halides is 3. The number of hydrogen-bond acceptors (Lipinski definition) is 4. The third kappa shape index (κ3) is 4.34. The standard InChI is InChI=1S/C26H24F3N5O/c1-17-7-6-10-20(13-17)33-12-11-32(16-18(33)2)25(35)21-15-30-34-23(26(27,28)29)14-22(31-24(21)34)19-8-4-3-5-9-19/h3-10,13-15,18H,11-12,16H2,1-2H3. The van der Waals surface area contributed by atoms with Gasteiger partial charge in [0.25, 0.3) is 5.91 Å². The Morgan fingerprint density at radius 3 is 2.49 bits per heavy atom. The van der Waals surface area contributed by atoms with E-state index in [2.05, 4.69) is 21.0 Å². The zero-order chi connectivity index (χ0) is 24.7. The van der Waals surface area contributed by atoms with Crippen molar-refractivity contribution in [2.24, 2.45) is 0 Å². The van der Waals surface area contributed by atoms with Gasteiger partial charge in [0.15, 0.2) is 11.3 Å². The first kappa shape index (κ1) is 22.9. The summed E-state index contributed by atoms with van der Waals surface area (Å²) in [4.78, 5) is 21.8. The van der Waals surface area contributed by atoms with E-state index in [4.69, 9.17) is 0 Å². The summed E-state index contributed by atoms with van der Waals surface area (Å²) in [6, 6.07) is 17.8. The highest BCUT2D eigenvalue weighted by atomic mass is 19.4. The summed E-state index contributed by atoms with van der Waals surface area (Å²) in [5, 5.41) is 3.90. The van der Waals surface area contributed by atoms with Gasteiger partial charge in [0.05, 0.1) is 11.9 Å². The maximum Gasteiger partial charge on any atom is 0.433 e. The molecule has 35 heavy (non-hydrogen) atoms. The fourth-order valence-corrected chi connectivity index (χ4v) is 4.58. The van der Waals surface area contributed by atoms with Gasteiger partial charge in [-0.25, -0.2) is 9.50 Å². The molecule has 180 valence electrons. The van der Waals surface area contributed by atoms with Gasteiger partial charge in [-0.05, 0) is 37.6 Å². The maximum absolute atomic E-state index is 13.9. The van der Waals surface area contributed by atoms with Gasteiger partial charge in [-0.1, -0.05) is 42.5 Å². The number of hydrogen-bond donors (Lipinski definition) is 0. The third-order valence-corrected chi connectivity index (χ3v) is 6.31. The van der Waals surface area contributed by atoms with Gasteiger partial charge >= 0.3 is 6.18 Å². The molecule has 2 aromatic heterocycles. The van der Waals surface area contributed by atoms with Crippen LogP contribution in [0.4, 0.5) is 18.9 Å². The maximum atomic E-state index is 13.9. The zero-order valence-electron chi connectivity index (χ0n) is 19.3. The normalized spacial score (nSPS) is 16.7. The molecule has 1 aliphatic rings. The quantitative estimate of drug-likeness (QED) is 0.412. The Hall–Kier alpha value is -3.88. The van der Waals surface area contributed by atoms with Gasteiger partial charge < -0.3 is 9.80 Å². The lowest BCUT2D eigenvalue weighted by atomic mass is 10.1. The van der Waals surface area contributed by atoms with Crippen LogP contribution in [0.25, 0.3) is 16.9 Å². The Balaban J connectivity index is 1.49. The van der Waals surface area contributed by atoms with Crippen LogP contribution in [0.15, 0.2) is 66.9 Å². The number of aromatic nitrogens is 3. The van der Waals surface area contributed by atoms with Gasteiger partial charge in [-0.2, -0.15) is 18.3 Å². The number of amides is 1. The summed E-state index contributed by atoms with van der Waals surface area (Å²) in [6.45, 7) is 5.57. The van der Waals surface area contributed by atoms with Crippen LogP contribution >= 0.6 is 0 Å². The van der Waals surface area contributed by atoms with E-state index in [-0.39, 0.29) is 28.9 Å². The third-order valence-electron chi connectivity index (χ3n) is 6.31. The minimum absolute atomic E-state index is 0.0370. The minimum Gasteiger partial charge on any atom is -0.365 e. The second-order valence-electron chi connectivity index (χ2n) is 8.82. The van der Waals surface area contributed by atoms with E-state index in [1.807, 2.05) is 32.0 Å².